The summed E-state index contributed by atoms with van der Waals surface area (Å²) in [4.78, 5) is 13.0. The van der Waals surface area contributed by atoms with Crippen molar-refractivity contribution in [3.8, 4) is 0 Å². The minimum absolute atomic E-state index is 0.0132. The lowest BCUT2D eigenvalue weighted by molar-refractivity contribution is -0.149. The molecule has 0 spiro atoms. The smallest absolute Gasteiger partial charge is 0.332 e. The predicted molar refractivity (Wildman–Crippen MR) is 63.6 cm³/mol. The highest BCUT2D eigenvalue weighted by molar-refractivity contribution is 5.72. The van der Waals surface area contributed by atoms with E-state index in [-0.39, 0.29) is 18.3 Å². The van der Waals surface area contributed by atoms with Crippen LogP contribution in [0.1, 0.15) is 12.8 Å². The Morgan fingerprint density at radius 1 is 1.28 bits per heavy atom. The molecule has 0 amide bonds. The number of carboxylic acid groups (broad SMARTS) is 1. The van der Waals surface area contributed by atoms with Crippen molar-refractivity contribution in [2.45, 2.75) is 37.3 Å². The fourth-order valence-corrected chi connectivity index (χ4v) is 2.73. The Morgan fingerprint density at radius 3 is 2.33 bits per heavy atom. The molecular formula is C12H21NO5. The average molecular weight is 259 g/mol. The standard InChI is InChI=1S/C12H21NO5/c1-16-10-6-13(7-11(10)17-2)5-8-3-4-9(18-8)12(14)15/h8-11H,3-7H2,1-2H3,(H,14,15). The van der Waals surface area contributed by atoms with Gasteiger partial charge in [0.25, 0.3) is 0 Å². The van der Waals surface area contributed by atoms with Crippen LogP contribution in [0.25, 0.3) is 0 Å². The molecule has 0 saturated carbocycles. The summed E-state index contributed by atoms with van der Waals surface area (Å²) in [6.07, 6.45) is 0.976. The first kappa shape index (κ1) is 13.7. The van der Waals surface area contributed by atoms with E-state index in [4.69, 9.17) is 19.3 Å². The van der Waals surface area contributed by atoms with Gasteiger partial charge >= 0.3 is 5.97 Å². The third kappa shape index (κ3) is 3.00. The molecule has 0 aromatic heterocycles. The van der Waals surface area contributed by atoms with Crippen LogP contribution in [0.15, 0.2) is 0 Å². The van der Waals surface area contributed by atoms with Crippen LogP contribution in [-0.4, -0.2) is 74.2 Å². The van der Waals surface area contributed by atoms with Crippen LogP contribution in [0.3, 0.4) is 0 Å². The van der Waals surface area contributed by atoms with Gasteiger partial charge in [0.1, 0.15) is 0 Å². The van der Waals surface area contributed by atoms with Gasteiger partial charge in [-0.25, -0.2) is 4.79 Å². The fraction of sp³-hybridized carbons (Fsp3) is 0.917. The lowest BCUT2D eigenvalue weighted by Gasteiger charge is -2.19. The summed E-state index contributed by atoms with van der Waals surface area (Å²) >= 11 is 0. The van der Waals surface area contributed by atoms with E-state index in [9.17, 15) is 4.79 Å². The van der Waals surface area contributed by atoms with Crippen LogP contribution in [0, 0.1) is 0 Å². The Balaban J connectivity index is 1.80. The number of methoxy groups -OCH3 is 2. The van der Waals surface area contributed by atoms with E-state index in [1.807, 2.05) is 0 Å². The molecule has 2 rings (SSSR count). The molecule has 0 aromatic carbocycles. The van der Waals surface area contributed by atoms with Gasteiger partial charge in [-0.1, -0.05) is 0 Å². The van der Waals surface area contributed by atoms with Gasteiger partial charge in [0.05, 0.1) is 18.3 Å². The number of hydrogen-bond acceptors (Lipinski definition) is 5. The summed E-state index contributed by atoms with van der Waals surface area (Å²) in [6, 6.07) is 0. The second kappa shape index (κ2) is 5.97. The molecule has 1 N–H and O–H groups in total. The van der Waals surface area contributed by atoms with E-state index in [1.165, 1.54) is 0 Å². The lowest BCUT2D eigenvalue weighted by Crippen LogP contribution is -2.32. The summed E-state index contributed by atoms with van der Waals surface area (Å²) in [5.41, 5.74) is 0. The van der Waals surface area contributed by atoms with E-state index in [0.29, 0.717) is 6.42 Å². The first-order valence-corrected chi connectivity index (χ1v) is 6.30. The maximum atomic E-state index is 10.8. The quantitative estimate of drug-likeness (QED) is 0.747. The van der Waals surface area contributed by atoms with Gasteiger partial charge in [-0.3, -0.25) is 4.90 Å². The van der Waals surface area contributed by atoms with Crippen molar-refractivity contribution in [2.24, 2.45) is 0 Å². The van der Waals surface area contributed by atoms with Gasteiger partial charge in [0.2, 0.25) is 0 Å². The molecule has 6 heteroatoms. The summed E-state index contributed by atoms with van der Waals surface area (Å²) < 4.78 is 16.2. The number of nitrogens with zero attached hydrogens (tertiary/aromatic N) is 1. The molecule has 2 saturated heterocycles. The van der Waals surface area contributed by atoms with Crippen molar-refractivity contribution in [3.63, 3.8) is 0 Å². The predicted octanol–water partition coefficient (Wildman–Crippen LogP) is -0.0358. The maximum absolute atomic E-state index is 10.8. The van der Waals surface area contributed by atoms with E-state index in [0.717, 1.165) is 26.1 Å². The number of ether oxygens (including phenoxy) is 3. The lowest BCUT2D eigenvalue weighted by atomic mass is 10.2. The molecule has 0 bridgehead atoms. The second-order valence-corrected chi connectivity index (χ2v) is 4.93. The molecular weight excluding hydrogens is 238 g/mol. The number of likely N-dealkylation sites (tertiary alicyclic amines) is 1. The van der Waals surface area contributed by atoms with Gasteiger partial charge in [0, 0.05) is 33.9 Å². The van der Waals surface area contributed by atoms with Gasteiger partial charge in [-0.2, -0.15) is 0 Å². The molecule has 2 aliphatic heterocycles. The topological polar surface area (TPSA) is 68.2 Å². The van der Waals surface area contributed by atoms with Gasteiger partial charge < -0.3 is 19.3 Å². The molecule has 4 atom stereocenters. The van der Waals surface area contributed by atoms with E-state index < -0.39 is 12.1 Å². The minimum Gasteiger partial charge on any atom is -0.479 e. The van der Waals surface area contributed by atoms with Crippen molar-refractivity contribution in [3.05, 3.63) is 0 Å². The zero-order chi connectivity index (χ0) is 13.1. The molecule has 2 aliphatic rings. The van der Waals surface area contributed by atoms with Crippen molar-refractivity contribution in [1.82, 2.24) is 4.90 Å². The molecule has 0 aliphatic carbocycles. The van der Waals surface area contributed by atoms with E-state index in [2.05, 4.69) is 4.90 Å². The van der Waals surface area contributed by atoms with Crippen LogP contribution in [0.4, 0.5) is 0 Å². The molecule has 2 fully saturated rings. The Bertz CT molecular complexity index is 286. The first-order valence-electron chi connectivity index (χ1n) is 6.30. The molecule has 4 unspecified atom stereocenters. The molecule has 6 nitrogen and oxygen atoms in total. The summed E-state index contributed by atoms with van der Waals surface area (Å²) in [5.74, 6) is -0.858. The Hall–Kier alpha value is -0.690. The number of aliphatic carboxylic acids is 1. The van der Waals surface area contributed by atoms with Crippen molar-refractivity contribution in [1.29, 1.82) is 0 Å². The molecule has 0 aromatic rings. The van der Waals surface area contributed by atoms with Gasteiger partial charge in [-0.15, -0.1) is 0 Å². The summed E-state index contributed by atoms with van der Waals surface area (Å²) in [6.45, 7) is 2.38. The average Bonchev–Trinajstić information content (AvgIpc) is 2.95. The highest BCUT2D eigenvalue weighted by Crippen LogP contribution is 2.23. The minimum atomic E-state index is -0.858. The fourth-order valence-electron chi connectivity index (χ4n) is 2.73. The van der Waals surface area contributed by atoms with Crippen molar-refractivity contribution >= 4 is 5.97 Å². The Kier molecular flexibility index (Phi) is 4.55. The molecule has 18 heavy (non-hydrogen) atoms. The maximum Gasteiger partial charge on any atom is 0.332 e. The van der Waals surface area contributed by atoms with Crippen LogP contribution in [0.2, 0.25) is 0 Å². The van der Waals surface area contributed by atoms with Gasteiger partial charge in [-0.05, 0) is 12.8 Å². The van der Waals surface area contributed by atoms with E-state index in [1.54, 1.807) is 14.2 Å². The first-order chi connectivity index (χ1) is 8.63. The van der Waals surface area contributed by atoms with Crippen LogP contribution in [0.5, 0.6) is 0 Å². The number of hydrogen-bond donors (Lipinski definition) is 1. The Morgan fingerprint density at radius 2 is 1.89 bits per heavy atom. The number of carbonyl (C=O) groups is 1. The van der Waals surface area contributed by atoms with Crippen LogP contribution < -0.4 is 0 Å². The van der Waals surface area contributed by atoms with Gasteiger partial charge in [0.15, 0.2) is 6.10 Å². The molecule has 2 heterocycles. The third-order valence-corrected chi connectivity index (χ3v) is 3.74. The monoisotopic (exact) mass is 259 g/mol. The Labute approximate surface area is 107 Å². The SMILES string of the molecule is COC1CN(CC2CCC(C(=O)O)O2)CC1OC. The van der Waals surface area contributed by atoms with E-state index >= 15 is 0 Å². The molecule has 104 valence electrons. The van der Waals surface area contributed by atoms with Crippen molar-refractivity contribution in [2.75, 3.05) is 33.9 Å². The van der Waals surface area contributed by atoms with Crippen LogP contribution >= 0.6 is 0 Å². The zero-order valence-electron chi connectivity index (χ0n) is 10.9. The summed E-state index contributed by atoms with van der Waals surface area (Å²) in [7, 11) is 3.37. The normalized spacial score (nSPS) is 37.2. The summed E-state index contributed by atoms with van der Waals surface area (Å²) in [5, 5.41) is 8.87. The highest BCUT2D eigenvalue weighted by atomic mass is 16.5. The number of rotatable bonds is 5. The van der Waals surface area contributed by atoms with Crippen molar-refractivity contribution < 1.29 is 24.1 Å². The largest absolute Gasteiger partial charge is 0.479 e. The highest BCUT2D eigenvalue weighted by Gasteiger charge is 2.37. The molecule has 0 radical (unpaired) electrons. The number of carboxylic acids is 1. The third-order valence-electron chi connectivity index (χ3n) is 3.74. The second-order valence-electron chi connectivity index (χ2n) is 4.93. The van der Waals surface area contributed by atoms with Crippen LogP contribution in [-0.2, 0) is 19.0 Å². The zero-order valence-corrected chi connectivity index (χ0v) is 10.9.